The van der Waals surface area contributed by atoms with Gasteiger partial charge in [-0.25, -0.2) is 4.39 Å². The molecule has 4 heteroatoms. The molecule has 0 fully saturated rings. The van der Waals surface area contributed by atoms with E-state index in [0.717, 1.165) is 5.56 Å². The molecule has 0 saturated heterocycles. The predicted molar refractivity (Wildman–Crippen MR) is 83.7 cm³/mol. The van der Waals surface area contributed by atoms with Gasteiger partial charge in [-0.2, -0.15) is 0 Å². The second-order valence-corrected chi connectivity index (χ2v) is 5.59. The summed E-state index contributed by atoms with van der Waals surface area (Å²) in [5, 5.41) is 0. The van der Waals surface area contributed by atoms with Crippen LogP contribution in [-0.2, 0) is 10.2 Å². The van der Waals surface area contributed by atoms with Gasteiger partial charge in [0.05, 0.1) is 5.41 Å². The van der Waals surface area contributed by atoms with Crippen LogP contribution in [0.15, 0.2) is 48.5 Å². The average Bonchev–Trinajstić information content (AvgIpc) is 2.46. The molecule has 3 nitrogen and oxygen atoms in total. The first-order valence-corrected chi connectivity index (χ1v) is 6.72. The van der Waals surface area contributed by atoms with Crippen LogP contribution in [0.5, 0.6) is 0 Å². The highest BCUT2D eigenvalue weighted by molar-refractivity contribution is 6.00. The summed E-state index contributed by atoms with van der Waals surface area (Å²) in [6.07, 6.45) is 0. The van der Waals surface area contributed by atoms with Gasteiger partial charge in [0.1, 0.15) is 5.82 Å². The Labute approximate surface area is 124 Å². The maximum atomic E-state index is 13.3. The molecular formula is C17H19FN2O. The maximum absolute atomic E-state index is 13.3. The summed E-state index contributed by atoms with van der Waals surface area (Å²) in [5.41, 5.74) is 7.00. The quantitative estimate of drug-likeness (QED) is 0.880. The largest absolute Gasteiger partial charge is 0.399 e. The highest BCUT2D eigenvalue weighted by Gasteiger charge is 2.32. The van der Waals surface area contributed by atoms with E-state index in [-0.39, 0.29) is 11.7 Å². The Kier molecular flexibility index (Phi) is 3.98. The Bertz CT molecular complexity index is 650. The SMILES string of the molecule is CN(C(=O)C(C)(C)c1ccc(N)cc1)c1cccc(F)c1. The smallest absolute Gasteiger partial charge is 0.236 e. The van der Waals surface area contributed by atoms with Crippen LogP contribution in [0.3, 0.4) is 0 Å². The van der Waals surface area contributed by atoms with E-state index in [4.69, 9.17) is 5.73 Å². The second kappa shape index (κ2) is 5.56. The van der Waals surface area contributed by atoms with Crippen molar-refractivity contribution in [2.75, 3.05) is 17.7 Å². The van der Waals surface area contributed by atoms with E-state index in [0.29, 0.717) is 11.4 Å². The molecule has 0 saturated carbocycles. The lowest BCUT2D eigenvalue weighted by Crippen LogP contribution is -2.41. The minimum Gasteiger partial charge on any atom is -0.399 e. The van der Waals surface area contributed by atoms with Gasteiger partial charge in [0.15, 0.2) is 0 Å². The van der Waals surface area contributed by atoms with E-state index in [1.807, 2.05) is 26.0 Å². The number of nitrogen functional groups attached to an aromatic ring is 1. The molecule has 0 aliphatic carbocycles. The van der Waals surface area contributed by atoms with Gasteiger partial charge in [-0.1, -0.05) is 18.2 Å². The molecule has 0 spiro atoms. The van der Waals surface area contributed by atoms with Gasteiger partial charge in [-0.05, 0) is 49.7 Å². The third-order valence-electron chi connectivity index (χ3n) is 3.67. The fourth-order valence-electron chi connectivity index (χ4n) is 2.24. The van der Waals surface area contributed by atoms with Crippen LogP contribution in [0, 0.1) is 5.82 Å². The summed E-state index contributed by atoms with van der Waals surface area (Å²) < 4.78 is 13.3. The van der Waals surface area contributed by atoms with Gasteiger partial charge in [-0.15, -0.1) is 0 Å². The number of rotatable bonds is 3. The summed E-state index contributed by atoms with van der Waals surface area (Å²) in [6, 6.07) is 13.2. The number of carbonyl (C=O) groups is 1. The molecule has 0 radical (unpaired) electrons. The maximum Gasteiger partial charge on any atom is 0.236 e. The third-order valence-corrected chi connectivity index (χ3v) is 3.67. The van der Waals surface area contributed by atoms with Crippen LogP contribution in [-0.4, -0.2) is 13.0 Å². The van der Waals surface area contributed by atoms with Crippen molar-refractivity contribution in [3.05, 3.63) is 59.9 Å². The van der Waals surface area contributed by atoms with Crippen molar-refractivity contribution >= 4 is 17.3 Å². The number of hydrogen-bond donors (Lipinski definition) is 1. The topological polar surface area (TPSA) is 46.3 Å². The van der Waals surface area contributed by atoms with E-state index in [2.05, 4.69) is 0 Å². The number of likely N-dealkylation sites (N-methyl/N-ethyl adjacent to an activating group) is 1. The van der Waals surface area contributed by atoms with Gasteiger partial charge < -0.3 is 10.6 Å². The van der Waals surface area contributed by atoms with Gasteiger partial charge in [0.25, 0.3) is 0 Å². The highest BCUT2D eigenvalue weighted by Crippen LogP contribution is 2.28. The second-order valence-electron chi connectivity index (χ2n) is 5.59. The minimum absolute atomic E-state index is 0.113. The Hall–Kier alpha value is -2.36. The average molecular weight is 286 g/mol. The number of halogens is 1. The normalized spacial score (nSPS) is 11.2. The Morgan fingerprint density at radius 1 is 1.14 bits per heavy atom. The Morgan fingerprint density at radius 3 is 2.33 bits per heavy atom. The van der Waals surface area contributed by atoms with E-state index >= 15 is 0 Å². The van der Waals surface area contributed by atoms with Crippen LogP contribution in [0.1, 0.15) is 19.4 Å². The molecule has 2 aromatic rings. The third kappa shape index (κ3) is 3.05. The van der Waals surface area contributed by atoms with Crippen LogP contribution >= 0.6 is 0 Å². The molecule has 0 aromatic heterocycles. The molecule has 0 aliphatic rings. The first kappa shape index (κ1) is 15.0. The lowest BCUT2D eigenvalue weighted by Gasteiger charge is -2.30. The van der Waals surface area contributed by atoms with Gasteiger partial charge >= 0.3 is 0 Å². The molecule has 110 valence electrons. The van der Waals surface area contributed by atoms with Crippen LogP contribution in [0.25, 0.3) is 0 Å². The molecule has 1 amide bonds. The van der Waals surface area contributed by atoms with E-state index < -0.39 is 5.41 Å². The van der Waals surface area contributed by atoms with Gasteiger partial charge in [-0.3, -0.25) is 4.79 Å². The lowest BCUT2D eigenvalue weighted by atomic mass is 9.83. The Morgan fingerprint density at radius 2 is 1.76 bits per heavy atom. The number of carbonyl (C=O) groups excluding carboxylic acids is 1. The van der Waals surface area contributed by atoms with Crippen molar-refractivity contribution in [2.24, 2.45) is 0 Å². The number of anilines is 2. The lowest BCUT2D eigenvalue weighted by molar-refractivity contribution is -0.122. The van der Waals surface area contributed by atoms with Crippen LogP contribution in [0.4, 0.5) is 15.8 Å². The Balaban J connectivity index is 2.31. The summed E-state index contributed by atoms with van der Waals surface area (Å²) in [5.74, 6) is -0.477. The van der Waals surface area contributed by atoms with Crippen molar-refractivity contribution in [1.29, 1.82) is 0 Å². The summed E-state index contributed by atoms with van der Waals surface area (Å²) in [7, 11) is 1.65. The van der Waals surface area contributed by atoms with Crippen molar-refractivity contribution in [3.63, 3.8) is 0 Å². The summed E-state index contributed by atoms with van der Waals surface area (Å²) in [6.45, 7) is 3.69. The van der Waals surface area contributed by atoms with E-state index in [1.54, 1.807) is 31.3 Å². The summed E-state index contributed by atoms with van der Waals surface area (Å²) in [4.78, 5) is 14.2. The first-order chi connectivity index (χ1) is 9.82. The zero-order chi connectivity index (χ0) is 15.6. The standard InChI is InChI=1S/C17H19FN2O/c1-17(2,12-7-9-14(19)10-8-12)16(21)20(3)15-6-4-5-13(18)11-15/h4-11H,19H2,1-3H3. The van der Waals surface area contributed by atoms with Gasteiger partial charge in [0.2, 0.25) is 5.91 Å². The molecule has 2 rings (SSSR count). The molecule has 0 bridgehead atoms. The number of amides is 1. The van der Waals surface area contributed by atoms with Crippen molar-refractivity contribution in [3.8, 4) is 0 Å². The zero-order valence-electron chi connectivity index (χ0n) is 12.4. The van der Waals surface area contributed by atoms with Crippen molar-refractivity contribution in [1.82, 2.24) is 0 Å². The molecular weight excluding hydrogens is 267 g/mol. The predicted octanol–water partition coefficient (Wildman–Crippen LogP) is 3.35. The molecule has 0 atom stereocenters. The molecule has 2 N–H and O–H groups in total. The number of nitrogens with zero attached hydrogens (tertiary/aromatic N) is 1. The van der Waals surface area contributed by atoms with Crippen LogP contribution < -0.4 is 10.6 Å². The van der Waals surface area contributed by atoms with E-state index in [1.165, 1.54) is 17.0 Å². The number of hydrogen-bond acceptors (Lipinski definition) is 2. The molecule has 0 heterocycles. The molecule has 0 aliphatic heterocycles. The molecule has 21 heavy (non-hydrogen) atoms. The van der Waals surface area contributed by atoms with Crippen molar-refractivity contribution < 1.29 is 9.18 Å². The molecule has 0 unspecified atom stereocenters. The number of benzene rings is 2. The monoisotopic (exact) mass is 286 g/mol. The minimum atomic E-state index is -0.727. The fraction of sp³-hybridized carbons (Fsp3) is 0.235. The van der Waals surface area contributed by atoms with Gasteiger partial charge in [0, 0.05) is 18.4 Å². The van der Waals surface area contributed by atoms with Crippen LogP contribution in [0.2, 0.25) is 0 Å². The summed E-state index contributed by atoms with van der Waals surface area (Å²) >= 11 is 0. The number of nitrogens with two attached hydrogens (primary N) is 1. The van der Waals surface area contributed by atoms with Crippen molar-refractivity contribution in [2.45, 2.75) is 19.3 Å². The molecule has 2 aromatic carbocycles. The zero-order valence-corrected chi connectivity index (χ0v) is 12.4. The van der Waals surface area contributed by atoms with E-state index in [9.17, 15) is 9.18 Å². The highest BCUT2D eigenvalue weighted by atomic mass is 19.1. The fourth-order valence-corrected chi connectivity index (χ4v) is 2.24. The first-order valence-electron chi connectivity index (χ1n) is 6.72.